The molecule has 0 unspecified atom stereocenters. The Morgan fingerprint density at radius 1 is 0.711 bits per heavy atom. The predicted octanol–water partition coefficient (Wildman–Crippen LogP) is -3.67. The Morgan fingerprint density at radius 2 is 1.05 bits per heavy atom. The normalized spacial score (nSPS) is 11.6. The number of nitrogens with zero attached hydrogens (tertiary/aromatic N) is 6. The molecular formula is C20H26N6Na2O8S2. The molecule has 2 aromatic rings. The fourth-order valence-electron chi connectivity index (χ4n) is 2.71. The molecule has 198 valence electrons. The minimum absolute atomic E-state index is 0. The number of rotatable bonds is 13. The molecule has 0 radical (unpaired) electrons. The largest absolute Gasteiger partial charge is 1.00 e. The Kier molecular flexibility index (Phi) is 16.1. The van der Waals surface area contributed by atoms with Crippen molar-refractivity contribution in [2.45, 2.75) is 0 Å². The molecule has 0 N–H and O–H groups in total. The summed E-state index contributed by atoms with van der Waals surface area (Å²) in [6.45, 7) is -0.209. The third-order valence-corrected chi connectivity index (χ3v) is 6.00. The average molecular weight is 589 g/mol. The molecule has 0 atom stereocenters. The van der Waals surface area contributed by atoms with Gasteiger partial charge in [-0.3, -0.25) is 10.0 Å². The van der Waals surface area contributed by atoms with Crippen molar-refractivity contribution in [3.05, 3.63) is 36.4 Å². The zero-order chi connectivity index (χ0) is 26.9. The van der Waals surface area contributed by atoms with E-state index >= 15 is 0 Å². The number of ether oxygens (including phenoxy) is 2. The Bertz CT molecular complexity index is 1230. The number of hydrogen-bond donors (Lipinski definition) is 0. The molecule has 0 aliphatic rings. The molecule has 14 nitrogen and oxygen atoms in total. The molecule has 0 aliphatic heterocycles. The summed E-state index contributed by atoms with van der Waals surface area (Å²) in [5.41, 5.74) is 2.30. The van der Waals surface area contributed by atoms with Gasteiger partial charge >= 0.3 is 59.1 Å². The molecule has 0 fully saturated rings. The van der Waals surface area contributed by atoms with Crippen molar-refractivity contribution in [1.29, 1.82) is 0 Å². The van der Waals surface area contributed by atoms with Gasteiger partial charge in [-0.1, -0.05) is 22.6 Å². The van der Waals surface area contributed by atoms with E-state index in [-0.39, 0.29) is 72.2 Å². The molecule has 0 heterocycles. The van der Waals surface area contributed by atoms with Crippen molar-refractivity contribution in [1.82, 2.24) is 10.0 Å². The fourth-order valence-corrected chi connectivity index (χ4v) is 3.68. The summed E-state index contributed by atoms with van der Waals surface area (Å²) in [5, 5.41) is 18.3. The van der Waals surface area contributed by atoms with Crippen LogP contribution < -0.4 is 68.6 Å². The average Bonchev–Trinajstić information content (AvgIpc) is 2.82. The topological polar surface area (TPSA) is 189 Å². The maximum absolute atomic E-state index is 10.7. The van der Waals surface area contributed by atoms with E-state index in [1.54, 1.807) is 36.4 Å². The minimum atomic E-state index is -4.35. The summed E-state index contributed by atoms with van der Waals surface area (Å²) in [4.78, 5) is 0. The molecule has 0 saturated heterocycles. The Morgan fingerprint density at radius 3 is 1.34 bits per heavy atom. The standard InChI is InChI=1S/C20H28N6O8S2.2Na/c1-25(9-11-35(27,28)29)23-21-17-7-5-15(13-19(17)33-3)16-6-8-18(20(14-16)34-4)22-24-26(2)10-12-36(30,31)32;;/h5-8,13-14H,9-12H2,1-4H3,(H,27,28,29)(H,30,31,32);;/q;2*+1/p-2. The van der Waals surface area contributed by atoms with E-state index in [0.717, 1.165) is 11.1 Å². The second-order valence-electron chi connectivity index (χ2n) is 7.44. The second-order valence-corrected chi connectivity index (χ2v) is 10.5. The first-order valence-electron chi connectivity index (χ1n) is 10.3. The molecule has 0 aromatic heterocycles. The van der Waals surface area contributed by atoms with E-state index in [9.17, 15) is 25.9 Å². The van der Waals surface area contributed by atoms with Crippen LogP contribution in [0.5, 0.6) is 11.5 Å². The van der Waals surface area contributed by atoms with Crippen LogP contribution in [0, 0.1) is 0 Å². The first-order valence-corrected chi connectivity index (χ1v) is 13.5. The maximum Gasteiger partial charge on any atom is 1.00 e. The number of methoxy groups -OCH3 is 2. The SMILES string of the molecule is COc1cc(-c2ccc(N=NN(C)CCS(=O)(=O)[O-])c(OC)c2)ccc1N=NN(C)CCS(=O)(=O)[O-].[Na+].[Na+]. The van der Waals surface area contributed by atoms with Crippen molar-refractivity contribution >= 4 is 31.6 Å². The summed E-state index contributed by atoms with van der Waals surface area (Å²) >= 11 is 0. The zero-order valence-corrected chi connectivity index (χ0v) is 27.7. The van der Waals surface area contributed by atoms with Crippen molar-refractivity contribution in [3.63, 3.8) is 0 Å². The maximum atomic E-state index is 10.7. The van der Waals surface area contributed by atoms with Crippen LogP contribution in [0.25, 0.3) is 11.1 Å². The molecule has 2 aromatic carbocycles. The van der Waals surface area contributed by atoms with E-state index in [1.165, 1.54) is 38.3 Å². The van der Waals surface area contributed by atoms with Gasteiger partial charge in [-0.15, -0.1) is 10.2 Å². The molecule has 38 heavy (non-hydrogen) atoms. The first kappa shape index (κ1) is 36.7. The summed E-state index contributed by atoms with van der Waals surface area (Å²) in [7, 11) is -2.80. The van der Waals surface area contributed by atoms with Gasteiger partial charge in [0.25, 0.3) is 0 Å². The van der Waals surface area contributed by atoms with E-state index in [0.29, 0.717) is 22.9 Å². The van der Waals surface area contributed by atoms with Gasteiger partial charge < -0.3 is 18.6 Å². The van der Waals surface area contributed by atoms with Gasteiger partial charge in [-0.25, -0.2) is 16.8 Å². The van der Waals surface area contributed by atoms with Crippen LogP contribution in [-0.4, -0.2) is 88.9 Å². The van der Waals surface area contributed by atoms with Gasteiger partial charge in [-0.2, -0.15) is 0 Å². The predicted molar refractivity (Wildman–Crippen MR) is 128 cm³/mol. The minimum Gasteiger partial charge on any atom is -0.748 e. The Hall–Kier alpha value is -1.34. The molecule has 0 spiro atoms. The van der Waals surface area contributed by atoms with Crippen LogP contribution in [0.15, 0.2) is 57.1 Å². The van der Waals surface area contributed by atoms with Crippen LogP contribution in [0.4, 0.5) is 11.4 Å². The summed E-state index contributed by atoms with van der Waals surface area (Å²) in [5.74, 6) is -0.375. The fraction of sp³-hybridized carbons (Fsp3) is 0.400. The first-order chi connectivity index (χ1) is 16.8. The van der Waals surface area contributed by atoms with Gasteiger partial charge in [0.15, 0.2) is 0 Å². The van der Waals surface area contributed by atoms with Crippen LogP contribution in [-0.2, 0) is 20.2 Å². The summed E-state index contributed by atoms with van der Waals surface area (Å²) < 4.78 is 75.3. The van der Waals surface area contributed by atoms with Crippen LogP contribution in [0.2, 0.25) is 0 Å². The van der Waals surface area contributed by atoms with E-state index < -0.39 is 31.7 Å². The number of benzene rings is 2. The third-order valence-electron chi connectivity index (χ3n) is 4.63. The van der Waals surface area contributed by atoms with Crippen LogP contribution >= 0.6 is 0 Å². The third kappa shape index (κ3) is 13.1. The number of hydrogen-bond acceptors (Lipinski definition) is 12. The molecule has 18 heteroatoms. The van der Waals surface area contributed by atoms with Crippen molar-refractivity contribution in [2.24, 2.45) is 20.7 Å². The molecule has 0 saturated carbocycles. The van der Waals surface area contributed by atoms with Gasteiger partial charge in [0.1, 0.15) is 22.9 Å². The zero-order valence-electron chi connectivity index (χ0n) is 22.1. The molecular weight excluding hydrogens is 562 g/mol. The monoisotopic (exact) mass is 588 g/mol. The smallest absolute Gasteiger partial charge is 0.748 e. The van der Waals surface area contributed by atoms with Gasteiger partial charge in [0.2, 0.25) is 0 Å². The Labute approximate surface area is 266 Å². The molecule has 0 bridgehead atoms. The molecule has 2 rings (SSSR count). The van der Waals surface area contributed by atoms with E-state index in [1.807, 2.05) is 0 Å². The summed E-state index contributed by atoms with van der Waals surface area (Å²) in [6, 6.07) is 10.3. The van der Waals surface area contributed by atoms with Crippen molar-refractivity contribution in [2.75, 3.05) is 52.9 Å². The summed E-state index contributed by atoms with van der Waals surface area (Å²) in [6.07, 6.45) is 0. The van der Waals surface area contributed by atoms with E-state index in [4.69, 9.17) is 9.47 Å². The second kappa shape index (κ2) is 16.7. The van der Waals surface area contributed by atoms with Gasteiger partial charge in [-0.05, 0) is 35.4 Å². The van der Waals surface area contributed by atoms with Crippen LogP contribution in [0.1, 0.15) is 0 Å². The molecule has 0 amide bonds. The van der Waals surface area contributed by atoms with Crippen molar-refractivity contribution < 1.29 is 94.5 Å². The molecule has 0 aliphatic carbocycles. The Balaban J connectivity index is 0.00000684. The van der Waals surface area contributed by atoms with Gasteiger partial charge in [0, 0.05) is 14.1 Å². The van der Waals surface area contributed by atoms with Gasteiger partial charge in [0.05, 0.1) is 59.1 Å². The van der Waals surface area contributed by atoms with Crippen LogP contribution in [0.3, 0.4) is 0 Å². The van der Waals surface area contributed by atoms with E-state index in [2.05, 4.69) is 20.7 Å². The quantitative estimate of drug-likeness (QED) is 0.0976. The van der Waals surface area contributed by atoms with Crippen molar-refractivity contribution in [3.8, 4) is 22.6 Å².